The number of halogens is 3. The van der Waals surface area contributed by atoms with E-state index in [0.29, 0.717) is 24.8 Å². The number of aryl methyl sites for hydroxylation is 1. The summed E-state index contributed by atoms with van der Waals surface area (Å²) in [5.41, 5.74) is 1.54. The molecular formula is C25H34F3N5O2Si. The van der Waals surface area contributed by atoms with E-state index in [2.05, 4.69) is 60.3 Å². The number of pyridine rings is 1. The molecule has 0 radical (unpaired) electrons. The number of nitrogens with zero attached hydrogens (tertiary/aromatic N) is 5. The molecule has 0 unspecified atom stereocenters. The molecule has 7 nitrogen and oxygen atoms in total. The van der Waals surface area contributed by atoms with Gasteiger partial charge in [0.15, 0.2) is 5.82 Å². The lowest BCUT2D eigenvalue weighted by Gasteiger charge is -2.18. The summed E-state index contributed by atoms with van der Waals surface area (Å²) in [4.78, 5) is 17.1. The molecule has 3 rings (SSSR count). The molecule has 0 fully saturated rings. The Hall–Kier alpha value is -2.79. The van der Waals surface area contributed by atoms with E-state index in [1.807, 2.05) is 13.0 Å². The van der Waals surface area contributed by atoms with Crippen molar-refractivity contribution < 1.29 is 22.6 Å². The quantitative estimate of drug-likeness (QED) is 0.237. The van der Waals surface area contributed by atoms with E-state index in [1.165, 1.54) is 12.4 Å². The van der Waals surface area contributed by atoms with Crippen molar-refractivity contribution in [2.45, 2.75) is 66.3 Å². The molecular weight excluding hydrogens is 487 g/mol. The van der Waals surface area contributed by atoms with Crippen LogP contribution in [0.3, 0.4) is 0 Å². The van der Waals surface area contributed by atoms with Gasteiger partial charge in [-0.3, -0.25) is 9.55 Å². The van der Waals surface area contributed by atoms with Crippen LogP contribution in [-0.4, -0.2) is 45.8 Å². The Balaban J connectivity index is 1.82. The molecule has 36 heavy (non-hydrogen) atoms. The summed E-state index contributed by atoms with van der Waals surface area (Å²) < 4.78 is 53.2. The third-order valence-corrected chi connectivity index (χ3v) is 6.96. The largest absolute Gasteiger partial charge is 0.477 e. The van der Waals surface area contributed by atoms with Crippen molar-refractivity contribution in [1.82, 2.24) is 24.5 Å². The zero-order valence-electron chi connectivity index (χ0n) is 21.9. The van der Waals surface area contributed by atoms with E-state index in [0.717, 1.165) is 27.9 Å². The summed E-state index contributed by atoms with van der Waals surface area (Å²) in [5, 5.41) is 0. The Bertz CT molecular complexity index is 1170. The Labute approximate surface area is 211 Å². The molecule has 0 saturated heterocycles. The number of hydrogen-bond acceptors (Lipinski definition) is 6. The maximum Gasteiger partial charge on any atom is 0.433 e. The topological polar surface area (TPSA) is 75.0 Å². The smallest absolute Gasteiger partial charge is 0.433 e. The Morgan fingerprint density at radius 1 is 0.917 bits per heavy atom. The van der Waals surface area contributed by atoms with Gasteiger partial charge >= 0.3 is 6.18 Å². The van der Waals surface area contributed by atoms with Crippen LogP contribution in [0.4, 0.5) is 13.2 Å². The molecule has 0 N–H and O–H groups in total. The Kier molecular flexibility index (Phi) is 8.24. The first kappa shape index (κ1) is 27.8. The third kappa shape index (κ3) is 7.60. The van der Waals surface area contributed by atoms with Gasteiger partial charge in [-0.1, -0.05) is 40.4 Å². The lowest BCUT2D eigenvalue weighted by atomic mass is 9.99. The number of hydrogen-bond donors (Lipinski definition) is 0. The maximum atomic E-state index is 13.6. The predicted octanol–water partition coefficient (Wildman–Crippen LogP) is 6.47. The second-order valence-corrected chi connectivity index (χ2v) is 16.8. The average Bonchev–Trinajstić information content (AvgIpc) is 3.19. The molecule has 0 spiro atoms. The number of rotatable bonds is 9. The second kappa shape index (κ2) is 10.7. The van der Waals surface area contributed by atoms with Crippen LogP contribution in [-0.2, 0) is 17.6 Å². The standard InChI is InChI=1S/C25H34F3N5O2Si/c1-17-10-22(35-15-24(2,3)4)31-11-18(17)19-12-30-20(13-29-19)23-32-14-21(25(26,27)28)33(23)16-34-8-9-36(5,6)7/h10-14H,8-9,15-16H2,1-7H3. The summed E-state index contributed by atoms with van der Waals surface area (Å²) in [6.45, 7) is 15.3. The SMILES string of the molecule is Cc1cc(OCC(C)(C)C)ncc1-c1cnc(-c2ncc(C(F)(F)F)n2COCC[Si](C)(C)C)cn1. The van der Waals surface area contributed by atoms with Gasteiger partial charge in [0.25, 0.3) is 0 Å². The van der Waals surface area contributed by atoms with Crippen LogP contribution in [0.2, 0.25) is 25.7 Å². The van der Waals surface area contributed by atoms with Crippen LogP contribution in [0.5, 0.6) is 5.88 Å². The summed E-state index contributed by atoms with van der Waals surface area (Å²) in [5.74, 6) is 0.571. The highest BCUT2D eigenvalue weighted by Crippen LogP contribution is 2.32. The highest BCUT2D eigenvalue weighted by molar-refractivity contribution is 6.76. The molecule has 11 heteroatoms. The number of imidazole rings is 1. The molecule has 0 amide bonds. The van der Waals surface area contributed by atoms with Crippen molar-refractivity contribution in [3.05, 3.63) is 42.1 Å². The van der Waals surface area contributed by atoms with Gasteiger partial charge in [0.1, 0.15) is 18.1 Å². The minimum Gasteiger partial charge on any atom is -0.477 e. The van der Waals surface area contributed by atoms with Crippen LogP contribution in [0, 0.1) is 12.3 Å². The molecule has 196 valence electrons. The van der Waals surface area contributed by atoms with Crippen molar-refractivity contribution in [1.29, 1.82) is 0 Å². The molecule has 0 aliphatic carbocycles. The van der Waals surface area contributed by atoms with Crippen molar-refractivity contribution in [3.8, 4) is 28.7 Å². The van der Waals surface area contributed by atoms with E-state index in [-0.39, 0.29) is 23.7 Å². The molecule has 0 atom stereocenters. The molecule has 0 aliphatic rings. The number of ether oxygens (including phenoxy) is 2. The Morgan fingerprint density at radius 2 is 1.58 bits per heavy atom. The van der Waals surface area contributed by atoms with Gasteiger partial charge in [-0.05, 0) is 23.9 Å². The van der Waals surface area contributed by atoms with Gasteiger partial charge in [0, 0.05) is 32.5 Å². The van der Waals surface area contributed by atoms with Crippen LogP contribution >= 0.6 is 0 Å². The third-order valence-electron chi connectivity index (χ3n) is 5.26. The van der Waals surface area contributed by atoms with Crippen LogP contribution in [0.15, 0.2) is 30.9 Å². The van der Waals surface area contributed by atoms with Crippen molar-refractivity contribution >= 4 is 8.07 Å². The molecule has 0 bridgehead atoms. The van der Waals surface area contributed by atoms with Gasteiger partial charge < -0.3 is 9.47 Å². The van der Waals surface area contributed by atoms with Crippen molar-refractivity contribution in [3.63, 3.8) is 0 Å². The Morgan fingerprint density at radius 3 is 2.14 bits per heavy atom. The predicted molar refractivity (Wildman–Crippen MR) is 135 cm³/mol. The fourth-order valence-corrected chi connectivity index (χ4v) is 3.98. The molecule has 3 heterocycles. The van der Waals surface area contributed by atoms with E-state index >= 15 is 0 Å². The highest BCUT2D eigenvalue weighted by atomic mass is 28.3. The summed E-state index contributed by atoms with van der Waals surface area (Å²) in [6, 6.07) is 2.68. The highest BCUT2D eigenvalue weighted by Gasteiger charge is 2.36. The van der Waals surface area contributed by atoms with E-state index < -0.39 is 19.9 Å². The van der Waals surface area contributed by atoms with E-state index in [9.17, 15) is 13.2 Å². The summed E-state index contributed by atoms with van der Waals surface area (Å²) >= 11 is 0. The lowest BCUT2D eigenvalue weighted by Crippen LogP contribution is -2.23. The first-order valence-corrected chi connectivity index (χ1v) is 15.5. The lowest BCUT2D eigenvalue weighted by molar-refractivity contribution is -0.145. The molecule has 0 saturated carbocycles. The zero-order chi connectivity index (χ0) is 26.7. The van der Waals surface area contributed by atoms with Crippen molar-refractivity contribution in [2.24, 2.45) is 5.41 Å². The summed E-state index contributed by atoms with van der Waals surface area (Å²) in [6.07, 6.45) is 0.816. The minimum absolute atomic E-state index is 0.00655. The fraction of sp³-hybridized carbons (Fsp3) is 0.520. The van der Waals surface area contributed by atoms with Gasteiger partial charge in [-0.2, -0.15) is 13.2 Å². The van der Waals surface area contributed by atoms with Crippen LogP contribution in [0.25, 0.3) is 22.8 Å². The van der Waals surface area contributed by atoms with Gasteiger partial charge in [-0.15, -0.1) is 0 Å². The normalized spacial score (nSPS) is 12.7. The number of alkyl halides is 3. The van der Waals surface area contributed by atoms with E-state index in [1.54, 1.807) is 6.20 Å². The molecule has 3 aromatic heterocycles. The molecule has 0 aromatic carbocycles. The first-order chi connectivity index (χ1) is 16.6. The van der Waals surface area contributed by atoms with Gasteiger partial charge in [0.2, 0.25) is 5.88 Å². The molecule has 3 aromatic rings. The van der Waals surface area contributed by atoms with Crippen LogP contribution < -0.4 is 4.74 Å². The monoisotopic (exact) mass is 521 g/mol. The van der Waals surface area contributed by atoms with Gasteiger partial charge in [-0.25, -0.2) is 15.0 Å². The zero-order valence-corrected chi connectivity index (χ0v) is 22.9. The maximum absolute atomic E-state index is 13.6. The average molecular weight is 522 g/mol. The summed E-state index contributed by atoms with van der Waals surface area (Å²) in [7, 11) is -1.37. The van der Waals surface area contributed by atoms with Crippen molar-refractivity contribution in [2.75, 3.05) is 13.2 Å². The second-order valence-electron chi connectivity index (χ2n) is 11.2. The molecule has 0 aliphatic heterocycles. The fourth-order valence-electron chi connectivity index (χ4n) is 3.22. The first-order valence-electron chi connectivity index (χ1n) is 11.8. The van der Waals surface area contributed by atoms with Gasteiger partial charge in [0.05, 0.1) is 30.9 Å². The minimum atomic E-state index is -4.57. The van der Waals surface area contributed by atoms with E-state index in [4.69, 9.17) is 9.47 Å². The van der Waals surface area contributed by atoms with Crippen LogP contribution in [0.1, 0.15) is 32.0 Å². The number of aromatic nitrogens is 5.